The molecule has 2 aliphatic heterocycles. The molecule has 0 aliphatic carbocycles. The molecule has 3 unspecified atom stereocenters. The van der Waals surface area contributed by atoms with Gasteiger partial charge in [0, 0.05) is 29.8 Å². The van der Waals surface area contributed by atoms with Gasteiger partial charge in [0.2, 0.25) is 12.2 Å². The number of nitrogens with zero attached hydrogens (tertiary/aromatic N) is 1. The largest absolute Gasteiger partial charge is 0.476 e. The molecule has 2 aliphatic rings. The van der Waals surface area contributed by atoms with Crippen LogP contribution in [0.3, 0.4) is 0 Å². The van der Waals surface area contributed by atoms with E-state index in [1.807, 2.05) is 0 Å². The zero-order valence-corrected chi connectivity index (χ0v) is 33.9. The Morgan fingerprint density at radius 3 is 1.60 bits per heavy atom. The standard InChI is InChI=1S/C20H19F4NO3.C20H17F4NO3.C4H8O2/c2*1-27-19(26)17-11-10-16(25-17)12-6-8-13(9-7-12)28-18(20(22,23)24)14-4-2-3-5-15(14)21;1-3-6-4(2)5/h2-9,16-18,25H,10-11H2,1H3;2-9,17-18H,10-11H2,1H3;3H2,1-2H3/t16?,17-,18?;17-,18?;/m00./s1. The number of esters is 3. The Labute approximate surface area is 352 Å². The first kappa shape index (κ1) is 48.6. The summed E-state index contributed by atoms with van der Waals surface area (Å²) in [5.74, 6) is -3.04. The molecule has 0 radical (unpaired) electrons. The molecule has 0 aromatic heterocycles. The van der Waals surface area contributed by atoms with Crippen molar-refractivity contribution in [2.75, 3.05) is 20.8 Å². The number of rotatable bonds is 11. The number of hydrogen-bond donors (Lipinski definition) is 1. The van der Waals surface area contributed by atoms with Crippen LogP contribution in [0.5, 0.6) is 11.5 Å². The Morgan fingerprint density at radius 2 is 1.18 bits per heavy atom. The van der Waals surface area contributed by atoms with Gasteiger partial charge in [-0.1, -0.05) is 48.5 Å². The fourth-order valence-corrected chi connectivity index (χ4v) is 6.42. The summed E-state index contributed by atoms with van der Waals surface area (Å²) in [5, 5.41) is 3.13. The van der Waals surface area contributed by atoms with Gasteiger partial charge in [-0.15, -0.1) is 0 Å². The minimum atomic E-state index is -4.79. The van der Waals surface area contributed by atoms with E-state index >= 15 is 0 Å². The average molecular weight is 881 g/mol. The van der Waals surface area contributed by atoms with Gasteiger partial charge in [0.25, 0.3) is 0 Å². The second-order valence-electron chi connectivity index (χ2n) is 13.7. The number of carbonyl (C=O) groups is 3. The Kier molecular flexibility index (Phi) is 17.4. The summed E-state index contributed by atoms with van der Waals surface area (Å²) in [4.78, 5) is 37.2. The molecule has 4 aromatic rings. The fourth-order valence-electron chi connectivity index (χ4n) is 6.42. The molecule has 6 rings (SSSR count). The molecule has 0 spiro atoms. The summed E-state index contributed by atoms with van der Waals surface area (Å²) >= 11 is 0. The lowest BCUT2D eigenvalue weighted by atomic mass is 10.0. The van der Waals surface area contributed by atoms with Crippen LogP contribution in [-0.2, 0) is 28.6 Å². The SMILES string of the molecule is CCOC(C)=O.COC(=O)[C@@H]1CCC(c2ccc(OC(c3ccccc3F)C(F)(F)F)cc2)=N1.COC(=O)[C@@H]1CCC(c2ccc(OC(c3ccccc3F)C(F)(F)F)cc2)N1. The van der Waals surface area contributed by atoms with Crippen molar-refractivity contribution in [3.8, 4) is 11.5 Å². The van der Waals surface area contributed by atoms with E-state index in [4.69, 9.17) is 14.2 Å². The molecule has 62 heavy (non-hydrogen) atoms. The number of halogens is 8. The lowest BCUT2D eigenvalue weighted by Gasteiger charge is -2.23. The molecule has 0 saturated carbocycles. The summed E-state index contributed by atoms with van der Waals surface area (Å²) in [7, 11) is 2.60. The highest BCUT2D eigenvalue weighted by molar-refractivity contribution is 6.03. The van der Waals surface area contributed by atoms with Gasteiger partial charge >= 0.3 is 30.3 Å². The quantitative estimate of drug-likeness (QED) is 0.0892. The van der Waals surface area contributed by atoms with E-state index < -0.39 is 65.4 Å². The molecule has 2 heterocycles. The van der Waals surface area contributed by atoms with Crippen LogP contribution >= 0.6 is 0 Å². The van der Waals surface area contributed by atoms with Gasteiger partial charge < -0.3 is 23.7 Å². The number of nitrogens with one attached hydrogen (secondary N) is 1. The topological polar surface area (TPSA) is 122 Å². The molecule has 0 amide bonds. The summed E-state index contributed by atoms with van der Waals surface area (Å²) in [5.41, 5.74) is 1.00. The van der Waals surface area contributed by atoms with Crippen molar-refractivity contribution in [1.29, 1.82) is 0 Å². The van der Waals surface area contributed by atoms with Crippen molar-refractivity contribution in [1.82, 2.24) is 5.32 Å². The van der Waals surface area contributed by atoms with Gasteiger partial charge in [0.1, 0.15) is 35.2 Å². The summed E-state index contributed by atoms with van der Waals surface area (Å²) in [6.07, 6.45) is -12.0. The smallest absolute Gasteiger partial charge is 0.429 e. The van der Waals surface area contributed by atoms with Gasteiger partial charge in [-0.25, -0.2) is 13.6 Å². The lowest BCUT2D eigenvalue weighted by Crippen LogP contribution is -2.33. The first-order chi connectivity index (χ1) is 29.4. The zero-order valence-electron chi connectivity index (χ0n) is 33.9. The molecule has 1 fully saturated rings. The van der Waals surface area contributed by atoms with Crippen LogP contribution in [0.2, 0.25) is 0 Å². The fraction of sp³-hybridized carbons (Fsp3) is 0.364. The molecule has 10 nitrogen and oxygen atoms in total. The monoisotopic (exact) mass is 880 g/mol. The predicted octanol–water partition coefficient (Wildman–Crippen LogP) is 9.68. The number of alkyl halides is 6. The third kappa shape index (κ3) is 13.7. The van der Waals surface area contributed by atoms with Crippen molar-refractivity contribution >= 4 is 23.6 Å². The van der Waals surface area contributed by atoms with Crippen molar-refractivity contribution in [2.45, 2.75) is 82.2 Å². The number of ether oxygens (including phenoxy) is 5. The summed E-state index contributed by atoms with van der Waals surface area (Å²) in [6, 6.07) is 20.1. The molecule has 4 aromatic carbocycles. The van der Waals surface area contributed by atoms with Gasteiger partial charge in [0.15, 0.2) is 0 Å². The van der Waals surface area contributed by atoms with Gasteiger partial charge in [-0.3, -0.25) is 19.9 Å². The van der Waals surface area contributed by atoms with Gasteiger partial charge in [-0.2, -0.15) is 26.3 Å². The van der Waals surface area contributed by atoms with Crippen LogP contribution in [-0.4, -0.2) is 68.9 Å². The van der Waals surface area contributed by atoms with Crippen molar-refractivity contribution in [2.24, 2.45) is 4.99 Å². The molecular weight excluding hydrogens is 836 g/mol. The highest BCUT2D eigenvalue weighted by atomic mass is 19.4. The predicted molar refractivity (Wildman–Crippen MR) is 209 cm³/mol. The highest BCUT2D eigenvalue weighted by Crippen LogP contribution is 2.40. The molecule has 1 saturated heterocycles. The normalized spacial score (nSPS) is 18.1. The number of methoxy groups -OCH3 is 2. The van der Waals surface area contributed by atoms with Crippen LogP contribution in [0.4, 0.5) is 35.1 Å². The van der Waals surface area contributed by atoms with Crippen LogP contribution in [0.1, 0.15) is 80.0 Å². The number of hydrogen-bond acceptors (Lipinski definition) is 10. The second kappa shape index (κ2) is 22.2. The van der Waals surface area contributed by atoms with Crippen LogP contribution in [0.25, 0.3) is 0 Å². The Bertz CT molecular complexity index is 2130. The number of benzene rings is 4. The summed E-state index contributed by atoms with van der Waals surface area (Å²) < 4.78 is 132. The zero-order chi connectivity index (χ0) is 45.6. The van der Waals surface area contributed by atoms with E-state index in [-0.39, 0.29) is 29.5 Å². The molecule has 0 bridgehead atoms. The van der Waals surface area contributed by atoms with Crippen molar-refractivity contribution < 1.29 is 73.2 Å². The van der Waals surface area contributed by atoms with Crippen molar-refractivity contribution in [3.05, 3.63) is 131 Å². The minimum absolute atomic E-state index is 0.0307. The maximum atomic E-state index is 13.8. The Balaban J connectivity index is 0.000000241. The van der Waals surface area contributed by atoms with Crippen LogP contribution in [0, 0.1) is 11.6 Å². The second-order valence-corrected chi connectivity index (χ2v) is 13.7. The summed E-state index contributed by atoms with van der Waals surface area (Å²) in [6.45, 7) is 3.65. The number of carbonyl (C=O) groups excluding carboxylic acids is 3. The molecular formula is C44H44F8N2O8. The van der Waals surface area contributed by atoms with Crippen molar-refractivity contribution in [3.63, 3.8) is 0 Å². The first-order valence-electron chi connectivity index (χ1n) is 19.1. The van der Waals surface area contributed by atoms with Gasteiger partial charge in [0.05, 0.1) is 20.8 Å². The highest BCUT2D eigenvalue weighted by Gasteiger charge is 2.45. The van der Waals surface area contributed by atoms with E-state index in [2.05, 4.69) is 19.8 Å². The van der Waals surface area contributed by atoms with E-state index in [1.54, 1.807) is 31.2 Å². The third-order valence-electron chi connectivity index (χ3n) is 9.37. The Morgan fingerprint density at radius 1 is 0.694 bits per heavy atom. The maximum Gasteiger partial charge on any atom is 0.429 e. The van der Waals surface area contributed by atoms with Crippen LogP contribution < -0.4 is 14.8 Å². The average Bonchev–Trinajstić information content (AvgIpc) is 3.94. The number of aliphatic imine (C=N–C) groups is 1. The lowest BCUT2D eigenvalue weighted by molar-refractivity contribution is -0.199. The van der Waals surface area contributed by atoms with Gasteiger partial charge in [-0.05, 0) is 92.3 Å². The third-order valence-corrected chi connectivity index (χ3v) is 9.37. The van der Waals surface area contributed by atoms with E-state index in [9.17, 15) is 49.5 Å². The van der Waals surface area contributed by atoms with E-state index in [0.29, 0.717) is 43.6 Å². The minimum Gasteiger partial charge on any atom is -0.476 e. The first-order valence-corrected chi connectivity index (χ1v) is 19.1. The maximum absolute atomic E-state index is 13.8. The molecule has 5 atom stereocenters. The van der Waals surface area contributed by atoms with Crippen LogP contribution in [0.15, 0.2) is 102 Å². The molecule has 1 N–H and O–H groups in total. The Hall–Kier alpha value is -6.04. The van der Waals surface area contributed by atoms with E-state index in [1.165, 1.54) is 69.7 Å². The van der Waals surface area contributed by atoms with E-state index in [0.717, 1.165) is 29.8 Å². The molecule has 334 valence electrons. The molecule has 18 heteroatoms.